The summed E-state index contributed by atoms with van der Waals surface area (Å²) in [7, 11) is 0. The maximum absolute atomic E-state index is 12.7. The average Bonchev–Trinajstić information content (AvgIpc) is 2.81. The Morgan fingerprint density at radius 3 is 2.15 bits per heavy atom. The number of alkyl halides is 2. The highest BCUT2D eigenvalue weighted by atomic mass is 35.5. The second-order valence-corrected chi connectivity index (χ2v) is 8.61. The first-order valence-corrected chi connectivity index (χ1v) is 11.9. The smallest absolute Gasteiger partial charge is 0.273 e. The Morgan fingerprint density at radius 1 is 0.879 bits per heavy atom. The standard InChI is InChI=1S/C24H22Cl4N4O/c25-11-13-32(14-12-26)21-8-1-17(2-9-21)16-29-31-24(33)22-10-5-19(28)15-23(22)30-20-6-3-18(27)4-7-20/h1-10,15-16,30H,11-14H2,(H,31,33)/b29-16+. The Hall–Kier alpha value is -2.44. The highest BCUT2D eigenvalue weighted by Gasteiger charge is 2.12. The zero-order valence-electron chi connectivity index (χ0n) is 17.6. The van der Waals surface area contributed by atoms with Crippen LogP contribution in [-0.4, -0.2) is 37.0 Å². The van der Waals surface area contributed by atoms with E-state index in [1.54, 1.807) is 36.5 Å². The summed E-state index contributed by atoms with van der Waals surface area (Å²) in [5, 5.41) is 8.40. The maximum Gasteiger partial charge on any atom is 0.273 e. The zero-order valence-corrected chi connectivity index (χ0v) is 20.6. The quantitative estimate of drug-likeness (QED) is 0.175. The molecule has 2 N–H and O–H groups in total. The summed E-state index contributed by atoms with van der Waals surface area (Å²) >= 11 is 23.8. The molecule has 1 amide bonds. The molecule has 0 spiro atoms. The van der Waals surface area contributed by atoms with Crippen LogP contribution in [0.4, 0.5) is 17.1 Å². The normalized spacial score (nSPS) is 10.9. The summed E-state index contributed by atoms with van der Waals surface area (Å²) < 4.78 is 0. The van der Waals surface area contributed by atoms with Gasteiger partial charge in [-0.1, -0.05) is 35.3 Å². The summed E-state index contributed by atoms with van der Waals surface area (Å²) in [6, 6.07) is 19.9. The van der Waals surface area contributed by atoms with E-state index in [0.717, 1.165) is 16.9 Å². The first kappa shape index (κ1) is 25.2. The third-order valence-corrected chi connectivity index (χ3v) is 5.52. The topological polar surface area (TPSA) is 56.7 Å². The Balaban J connectivity index is 1.67. The number of benzene rings is 3. The van der Waals surface area contributed by atoms with E-state index in [1.165, 1.54) is 0 Å². The van der Waals surface area contributed by atoms with Gasteiger partial charge in [0, 0.05) is 46.3 Å². The third-order valence-electron chi connectivity index (χ3n) is 4.70. The molecule has 0 radical (unpaired) electrons. The number of nitrogens with one attached hydrogen (secondary N) is 2. The SMILES string of the molecule is O=C(N/N=C/c1ccc(N(CCCl)CCCl)cc1)c1ccc(Cl)cc1Nc1ccc(Cl)cc1. The lowest BCUT2D eigenvalue weighted by Gasteiger charge is -2.22. The van der Waals surface area contributed by atoms with Gasteiger partial charge in [0.2, 0.25) is 0 Å². The first-order chi connectivity index (χ1) is 16.0. The molecule has 3 rings (SSSR count). The monoisotopic (exact) mass is 522 g/mol. The van der Waals surface area contributed by atoms with E-state index in [4.69, 9.17) is 46.4 Å². The molecule has 0 saturated carbocycles. The van der Waals surface area contributed by atoms with Gasteiger partial charge in [0.25, 0.3) is 5.91 Å². The van der Waals surface area contributed by atoms with Crippen LogP contribution in [-0.2, 0) is 0 Å². The molecule has 3 aromatic rings. The van der Waals surface area contributed by atoms with Gasteiger partial charge in [-0.15, -0.1) is 23.2 Å². The van der Waals surface area contributed by atoms with Crippen LogP contribution in [0.25, 0.3) is 0 Å². The molecule has 172 valence electrons. The molecule has 0 heterocycles. The number of rotatable bonds is 10. The minimum Gasteiger partial charge on any atom is -0.369 e. The largest absolute Gasteiger partial charge is 0.369 e. The fraction of sp³-hybridized carbons (Fsp3) is 0.167. The molecule has 9 heteroatoms. The van der Waals surface area contributed by atoms with Crippen molar-refractivity contribution in [3.8, 4) is 0 Å². The summed E-state index contributed by atoms with van der Waals surface area (Å²) in [6.07, 6.45) is 1.58. The van der Waals surface area contributed by atoms with Crippen LogP contribution in [0.5, 0.6) is 0 Å². The van der Waals surface area contributed by atoms with E-state index in [2.05, 4.69) is 20.7 Å². The number of carbonyl (C=O) groups excluding carboxylic acids is 1. The Labute approximate surface area is 213 Å². The second-order valence-electron chi connectivity index (χ2n) is 6.98. The molecule has 0 aromatic heterocycles. The number of hydrogen-bond donors (Lipinski definition) is 2. The lowest BCUT2D eigenvalue weighted by Crippen LogP contribution is -2.27. The van der Waals surface area contributed by atoms with Gasteiger partial charge in [0.05, 0.1) is 17.5 Å². The minimum absolute atomic E-state index is 0.369. The van der Waals surface area contributed by atoms with Gasteiger partial charge in [0.1, 0.15) is 0 Å². The number of amides is 1. The van der Waals surface area contributed by atoms with E-state index < -0.39 is 0 Å². The third kappa shape index (κ3) is 7.54. The molecule has 5 nitrogen and oxygen atoms in total. The van der Waals surface area contributed by atoms with E-state index in [0.29, 0.717) is 46.1 Å². The zero-order chi connectivity index (χ0) is 23.6. The Morgan fingerprint density at radius 2 is 1.52 bits per heavy atom. The highest BCUT2D eigenvalue weighted by molar-refractivity contribution is 6.31. The maximum atomic E-state index is 12.7. The van der Waals surface area contributed by atoms with Crippen LogP contribution in [0.3, 0.4) is 0 Å². The number of hydrogen-bond acceptors (Lipinski definition) is 4. The van der Waals surface area contributed by atoms with Gasteiger partial charge in [0.15, 0.2) is 0 Å². The van der Waals surface area contributed by atoms with Gasteiger partial charge in [-0.05, 0) is 60.2 Å². The molecule has 33 heavy (non-hydrogen) atoms. The summed E-state index contributed by atoms with van der Waals surface area (Å²) in [4.78, 5) is 14.8. The molecule has 0 fully saturated rings. The van der Waals surface area contributed by atoms with Crippen molar-refractivity contribution < 1.29 is 4.79 Å². The van der Waals surface area contributed by atoms with Gasteiger partial charge in [-0.2, -0.15) is 5.10 Å². The highest BCUT2D eigenvalue weighted by Crippen LogP contribution is 2.26. The van der Waals surface area contributed by atoms with Crippen molar-refractivity contribution in [2.24, 2.45) is 5.10 Å². The number of carbonyl (C=O) groups is 1. The molecule has 0 unspecified atom stereocenters. The van der Waals surface area contributed by atoms with Crippen LogP contribution in [0.2, 0.25) is 10.0 Å². The van der Waals surface area contributed by atoms with E-state index >= 15 is 0 Å². The van der Waals surface area contributed by atoms with E-state index in [9.17, 15) is 4.79 Å². The summed E-state index contributed by atoms with van der Waals surface area (Å²) in [5.74, 6) is 0.670. The van der Waals surface area contributed by atoms with Crippen molar-refractivity contribution in [2.45, 2.75) is 0 Å². The minimum atomic E-state index is -0.369. The molecule has 3 aromatic carbocycles. The van der Waals surface area contributed by atoms with Crippen molar-refractivity contribution >= 4 is 75.6 Å². The van der Waals surface area contributed by atoms with Gasteiger partial charge < -0.3 is 10.2 Å². The lowest BCUT2D eigenvalue weighted by atomic mass is 10.1. The molecule has 0 aliphatic carbocycles. The van der Waals surface area contributed by atoms with Crippen LogP contribution < -0.4 is 15.6 Å². The summed E-state index contributed by atoms with van der Waals surface area (Å²) in [5.41, 5.74) is 6.16. The van der Waals surface area contributed by atoms with E-state index in [-0.39, 0.29) is 5.91 Å². The van der Waals surface area contributed by atoms with Gasteiger partial charge >= 0.3 is 0 Å². The van der Waals surface area contributed by atoms with Crippen LogP contribution in [0.15, 0.2) is 71.8 Å². The average molecular weight is 524 g/mol. The molecule has 0 aliphatic rings. The molecular weight excluding hydrogens is 502 g/mol. The van der Waals surface area contributed by atoms with E-state index in [1.807, 2.05) is 36.4 Å². The van der Waals surface area contributed by atoms with Crippen molar-refractivity contribution in [1.29, 1.82) is 0 Å². The van der Waals surface area contributed by atoms with Gasteiger partial charge in [-0.3, -0.25) is 4.79 Å². The predicted molar refractivity (Wildman–Crippen MR) is 141 cm³/mol. The number of anilines is 3. The molecule has 0 aliphatic heterocycles. The van der Waals surface area contributed by atoms with Crippen molar-refractivity contribution in [2.75, 3.05) is 35.1 Å². The summed E-state index contributed by atoms with van der Waals surface area (Å²) in [6.45, 7) is 1.43. The second kappa shape index (κ2) is 12.7. The van der Waals surface area contributed by atoms with Crippen molar-refractivity contribution in [3.63, 3.8) is 0 Å². The van der Waals surface area contributed by atoms with Crippen molar-refractivity contribution in [1.82, 2.24) is 5.43 Å². The van der Waals surface area contributed by atoms with Crippen LogP contribution >= 0.6 is 46.4 Å². The Bertz CT molecular complexity index is 1080. The number of nitrogens with zero attached hydrogens (tertiary/aromatic N) is 2. The predicted octanol–water partition coefficient (Wildman–Crippen LogP) is 6.78. The van der Waals surface area contributed by atoms with Crippen molar-refractivity contribution in [3.05, 3.63) is 87.9 Å². The van der Waals surface area contributed by atoms with Gasteiger partial charge in [-0.25, -0.2) is 5.43 Å². The fourth-order valence-electron chi connectivity index (χ4n) is 3.08. The molecule has 0 saturated heterocycles. The number of hydrazone groups is 1. The molecule has 0 atom stereocenters. The van der Waals surface area contributed by atoms with Crippen LogP contribution in [0.1, 0.15) is 15.9 Å². The van der Waals surface area contributed by atoms with Crippen LogP contribution in [0, 0.1) is 0 Å². The molecular formula is C24H22Cl4N4O. The number of halogens is 4. The first-order valence-electron chi connectivity index (χ1n) is 10.1. The lowest BCUT2D eigenvalue weighted by molar-refractivity contribution is 0.0956. The molecule has 0 bridgehead atoms. The fourth-order valence-corrected chi connectivity index (χ4v) is 3.78. The Kier molecular flexibility index (Phi) is 9.70.